The van der Waals surface area contributed by atoms with Crippen molar-refractivity contribution in [3.05, 3.63) is 24.5 Å². The predicted molar refractivity (Wildman–Crippen MR) is 24.8 cm³/mol. The van der Waals surface area contributed by atoms with E-state index in [0.29, 0.717) is 0 Å². The minimum absolute atomic E-state index is 0. The van der Waals surface area contributed by atoms with Gasteiger partial charge in [-0.05, 0) is 6.08 Å². The minimum atomic E-state index is -0.731. The first kappa shape index (κ1) is 15.8. The molecular formula is C3H6N2ORe-2. The van der Waals surface area contributed by atoms with Crippen molar-refractivity contribution in [1.29, 1.82) is 0 Å². The summed E-state index contributed by atoms with van der Waals surface area (Å²) in [4.78, 5) is 9.36. The molecule has 0 aliphatic heterocycles. The van der Waals surface area contributed by atoms with Crippen molar-refractivity contribution in [3.8, 4) is 0 Å². The molecule has 0 bridgehead atoms. The monoisotopic (exact) mass is 273 g/mol. The van der Waals surface area contributed by atoms with Crippen LogP contribution in [0.1, 0.15) is 0 Å². The summed E-state index contributed by atoms with van der Waals surface area (Å²) < 4.78 is 0. The van der Waals surface area contributed by atoms with E-state index in [9.17, 15) is 4.79 Å². The van der Waals surface area contributed by atoms with Gasteiger partial charge in [0.15, 0.2) is 0 Å². The van der Waals surface area contributed by atoms with Crippen molar-refractivity contribution in [3.63, 3.8) is 0 Å². The van der Waals surface area contributed by atoms with Crippen LogP contribution < -0.4 is 0 Å². The predicted octanol–water partition coefficient (Wildman–Crippen LogP) is 1.47. The van der Waals surface area contributed by atoms with Gasteiger partial charge in [0.2, 0.25) is 0 Å². The smallest absolute Gasteiger partial charge is 0.0716 e. The standard InChI is InChI=1S/C3H5NO.H2N.Re/c1-2-3(4)5;;/h2H,1H2,(H2,4,5);1H2;/q;-1;/p-1. The Morgan fingerprint density at radius 2 is 1.86 bits per heavy atom. The van der Waals surface area contributed by atoms with Crippen LogP contribution in [0.5, 0.6) is 0 Å². The number of carbonyl (C=O) groups excluding carboxylic acids is 1. The maximum Gasteiger partial charge on any atom is 0.0716 e. The van der Waals surface area contributed by atoms with Gasteiger partial charge >= 0.3 is 0 Å². The van der Waals surface area contributed by atoms with E-state index >= 15 is 0 Å². The van der Waals surface area contributed by atoms with Crippen LogP contribution in [-0.4, -0.2) is 5.91 Å². The van der Waals surface area contributed by atoms with Gasteiger partial charge in [-0.25, -0.2) is 0 Å². The van der Waals surface area contributed by atoms with Crippen molar-refractivity contribution < 1.29 is 25.2 Å². The molecule has 0 heterocycles. The molecule has 43 valence electrons. The Bertz CT molecular complexity index is 64.0. The molecule has 0 aliphatic carbocycles. The van der Waals surface area contributed by atoms with Gasteiger partial charge in [-0.2, -0.15) is 0 Å². The summed E-state index contributed by atoms with van der Waals surface area (Å²) in [5.41, 5.74) is 6.07. The van der Waals surface area contributed by atoms with Gasteiger partial charge in [-0.15, -0.1) is 0 Å². The summed E-state index contributed by atoms with van der Waals surface area (Å²) in [6.07, 6.45) is 0.944. The Labute approximate surface area is 56.2 Å². The quantitative estimate of drug-likeness (QED) is 0.666. The van der Waals surface area contributed by atoms with E-state index in [1.807, 2.05) is 0 Å². The van der Waals surface area contributed by atoms with E-state index in [4.69, 9.17) is 5.73 Å². The fourth-order valence-corrected chi connectivity index (χ4v) is 0. The second-order valence-corrected chi connectivity index (χ2v) is 0.568. The summed E-state index contributed by atoms with van der Waals surface area (Å²) in [5, 5.41) is 0. The third kappa shape index (κ3) is 25.5. The average Bonchev–Trinajstić information content (AvgIpc) is 1.38. The average molecular weight is 272 g/mol. The van der Waals surface area contributed by atoms with Gasteiger partial charge in [-0.1, -0.05) is 6.58 Å². The fourth-order valence-electron chi connectivity index (χ4n) is 0. The summed E-state index contributed by atoms with van der Waals surface area (Å²) in [6.45, 7) is 3.02. The van der Waals surface area contributed by atoms with E-state index in [0.717, 1.165) is 6.08 Å². The van der Waals surface area contributed by atoms with Crippen LogP contribution in [0, 0.1) is 0 Å². The van der Waals surface area contributed by atoms with Crippen molar-refractivity contribution in [2.24, 2.45) is 0 Å². The number of carbonyl (C=O) groups is 1. The molecule has 1 amide bonds. The van der Waals surface area contributed by atoms with Crippen LogP contribution in [-0.2, 0) is 25.2 Å². The van der Waals surface area contributed by atoms with Gasteiger partial charge in [0, 0.05) is 20.4 Å². The Kier molecular flexibility index (Phi) is 21.0. The van der Waals surface area contributed by atoms with Crippen LogP contribution in [0.15, 0.2) is 12.7 Å². The molecule has 1 radical (unpaired) electrons. The molecule has 0 saturated heterocycles. The molecule has 0 aliphatic rings. The van der Waals surface area contributed by atoms with Crippen LogP contribution >= 0.6 is 0 Å². The van der Waals surface area contributed by atoms with E-state index in [2.05, 4.69) is 6.58 Å². The Balaban J connectivity index is -0.0000000800. The third-order valence-electron chi connectivity index (χ3n) is 0.185. The number of nitrogens with one attached hydrogen (secondary N) is 1. The first-order chi connectivity index (χ1) is 2.27. The molecule has 0 atom stereocenters. The first-order valence-corrected chi connectivity index (χ1v) is 1.15. The SMILES string of the molecule is C=CC([NH-])=O.[NH2-].[Re]. The topological polar surface area (TPSA) is 74.4 Å². The second kappa shape index (κ2) is 9.27. The Morgan fingerprint density at radius 3 is 1.86 bits per heavy atom. The fraction of sp³-hybridized carbons (Fsp3) is 0. The van der Waals surface area contributed by atoms with Crippen LogP contribution in [0.2, 0.25) is 0 Å². The summed E-state index contributed by atoms with van der Waals surface area (Å²) in [6, 6.07) is 0. The second-order valence-electron chi connectivity index (χ2n) is 0.568. The molecule has 3 nitrogen and oxygen atoms in total. The van der Waals surface area contributed by atoms with Gasteiger partial charge in [0.1, 0.15) is 0 Å². The summed E-state index contributed by atoms with van der Waals surface area (Å²) in [5.74, 6) is -0.731. The number of hydrogen-bond donors (Lipinski definition) is 0. The molecule has 0 aromatic heterocycles. The molecule has 0 unspecified atom stereocenters. The van der Waals surface area contributed by atoms with Crippen LogP contribution in [0.25, 0.3) is 11.9 Å². The largest absolute Gasteiger partial charge is 0.693 e. The third-order valence-corrected chi connectivity index (χ3v) is 0.185. The summed E-state index contributed by atoms with van der Waals surface area (Å²) >= 11 is 0. The Morgan fingerprint density at radius 1 is 1.71 bits per heavy atom. The van der Waals surface area contributed by atoms with Crippen LogP contribution in [0.4, 0.5) is 0 Å². The number of rotatable bonds is 1. The van der Waals surface area contributed by atoms with E-state index in [-0.39, 0.29) is 26.6 Å². The number of hydrogen-bond acceptors (Lipinski definition) is 1. The zero-order chi connectivity index (χ0) is 4.28. The van der Waals surface area contributed by atoms with E-state index in [1.165, 1.54) is 0 Å². The Hall–Kier alpha value is -0.168. The molecule has 0 saturated carbocycles. The maximum atomic E-state index is 9.36. The molecular weight excluding hydrogens is 266 g/mol. The molecule has 0 aromatic rings. The van der Waals surface area contributed by atoms with E-state index in [1.54, 1.807) is 0 Å². The normalized spacial score (nSPS) is 4.57. The number of nitrogens with two attached hydrogens (primary N) is 1. The molecule has 3 N–H and O–H groups in total. The van der Waals surface area contributed by atoms with Gasteiger partial charge in [0.25, 0.3) is 0 Å². The van der Waals surface area contributed by atoms with Crippen LogP contribution in [0.3, 0.4) is 0 Å². The molecule has 7 heavy (non-hydrogen) atoms. The molecule has 0 rings (SSSR count). The van der Waals surface area contributed by atoms with Crippen molar-refractivity contribution in [2.75, 3.05) is 0 Å². The summed E-state index contributed by atoms with van der Waals surface area (Å²) in [7, 11) is 0. The van der Waals surface area contributed by atoms with Gasteiger partial charge in [0.05, 0.1) is 5.91 Å². The first-order valence-electron chi connectivity index (χ1n) is 1.15. The van der Waals surface area contributed by atoms with E-state index < -0.39 is 5.91 Å². The van der Waals surface area contributed by atoms with Crippen molar-refractivity contribution >= 4 is 5.91 Å². The molecule has 0 spiro atoms. The van der Waals surface area contributed by atoms with Crippen molar-refractivity contribution in [2.45, 2.75) is 0 Å². The number of amides is 1. The minimum Gasteiger partial charge on any atom is -0.693 e. The molecule has 4 heteroatoms. The molecule has 0 fully saturated rings. The molecule has 0 aromatic carbocycles. The zero-order valence-corrected chi connectivity index (χ0v) is 6.36. The van der Waals surface area contributed by atoms with Gasteiger partial charge in [-0.3, -0.25) is 0 Å². The maximum absolute atomic E-state index is 9.36. The zero-order valence-electron chi connectivity index (χ0n) is 3.65. The van der Waals surface area contributed by atoms with Gasteiger partial charge < -0.3 is 16.7 Å². The van der Waals surface area contributed by atoms with Crippen molar-refractivity contribution in [1.82, 2.24) is 0 Å².